The van der Waals surface area contributed by atoms with Gasteiger partial charge in [0, 0.05) is 12.1 Å². The summed E-state index contributed by atoms with van der Waals surface area (Å²) in [4.78, 5) is 3.61. The first kappa shape index (κ1) is 11.0. The van der Waals surface area contributed by atoms with Crippen LogP contribution < -0.4 is 0 Å². The van der Waals surface area contributed by atoms with Crippen LogP contribution in [0.15, 0.2) is 23.2 Å². The van der Waals surface area contributed by atoms with Gasteiger partial charge in [-0.25, -0.2) is 13.4 Å². The second kappa shape index (κ2) is 4.40. The minimum Gasteiger partial charge on any atom is -0.244 e. The highest BCUT2D eigenvalue weighted by atomic mass is 35.5. The number of rotatable bonds is 3. The molecule has 0 radical (unpaired) electrons. The normalized spacial score (nSPS) is 10.9. The predicted octanol–water partition coefficient (Wildman–Crippen LogP) is 0.966. The van der Waals surface area contributed by atoms with Crippen molar-refractivity contribution in [2.24, 2.45) is 0 Å². The maximum atomic E-state index is 11.5. The molecule has 14 heavy (non-hydrogen) atoms. The van der Waals surface area contributed by atoms with E-state index in [4.69, 9.17) is 16.9 Å². The van der Waals surface area contributed by atoms with E-state index in [0.29, 0.717) is 0 Å². The van der Waals surface area contributed by atoms with Gasteiger partial charge in [-0.3, -0.25) is 0 Å². The molecule has 0 bridgehead atoms. The quantitative estimate of drug-likeness (QED) is 0.726. The van der Waals surface area contributed by atoms with Crippen LogP contribution in [-0.4, -0.2) is 25.0 Å². The van der Waals surface area contributed by atoms with Gasteiger partial charge in [-0.15, -0.1) is 11.6 Å². The van der Waals surface area contributed by atoms with Crippen molar-refractivity contribution in [3.05, 3.63) is 24.0 Å². The first-order chi connectivity index (χ1) is 6.61. The number of hydrogen-bond acceptors (Lipinski definition) is 4. The molecule has 0 spiro atoms. The van der Waals surface area contributed by atoms with E-state index in [2.05, 4.69) is 4.98 Å². The molecular weight excluding hydrogens is 224 g/mol. The van der Waals surface area contributed by atoms with Crippen LogP contribution in [0, 0.1) is 11.3 Å². The Hall–Kier alpha value is -1.12. The molecule has 0 amide bonds. The molecule has 74 valence electrons. The Morgan fingerprint density at radius 3 is 2.86 bits per heavy atom. The van der Waals surface area contributed by atoms with Crippen LogP contribution in [0.1, 0.15) is 5.69 Å². The van der Waals surface area contributed by atoms with Crippen LogP contribution in [0.25, 0.3) is 0 Å². The molecule has 1 rings (SSSR count). The summed E-state index contributed by atoms with van der Waals surface area (Å²) in [6.07, 6.45) is 1.37. The maximum Gasteiger partial charge on any atom is 0.182 e. The number of halogens is 1. The number of nitriles is 1. The van der Waals surface area contributed by atoms with E-state index in [1.807, 2.05) is 0 Å². The molecule has 0 atom stereocenters. The van der Waals surface area contributed by atoms with E-state index in [1.54, 1.807) is 6.07 Å². The fourth-order valence-electron chi connectivity index (χ4n) is 0.937. The predicted molar refractivity (Wildman–Crippen MR) is 51.7 cm³/mol. The lowest BCUT2D eigenvalue weighted by Crippen LogP contribution is -2.10. The van der Waals surface area contributed by atoms with Gasteiger partial charge in [0.05, 0.1) is 5.75 Å². The molecule has 0 aliphatic carbocycles. The summed E-state index contributed by atoms with van der Waals surface area (Å²) in [5.74, 6) is -0.184. The van der Waals surface area contributed by atoms with Gasteiger partial charge in [-0.1, -0.05) is 0 Å². The van der Waals surface area contributed by atoms with Crippen LogP contribution in [0.5, 0.6) is 0 Å². The SMILES string of the molecule is N#Cc1ncccc1S(=O)(=O)CCCl. The highest BCUT2D eigenvalue weighted by Gasteiger charge is 2.18. The van der Waals surface area contributed by atoms with Crippen molar-refractivity contribution < 1.29 is 8.42 Å². The van der Waals surface area contributed by atoms with Crippen molar-refractivity contribution in [1.29, 1.82) is 5.26 Å². The molecule has 0 unspecified atom stereocenters. The fourth-order valence-corrected chi connectivity index (χ4v) is 2.65. The van der Waals surface area contributed by atoms with Gasteiger partial charge in [-0.2, -0.15) is 5.26 Å². The third-order valence-corrected chi connectivity index (χ3v) is 3.71. The summed E-state index contributed by atoms with van der Waals surface area (Å²) >= 11 is 5.35. The summed E-state index contributed by atoms with van der Waals surface area (Å²) in [5, 5.41) is 8.64. The molecule has 1 heterocycles. The van der Waals surface area contributed by atoms with Crippen LogP contribution in [0.3, 0.4) is 0 Å². The van der Waals surface area contributed by atoms with Gasteiger partial charge in [0.15, 0.2) is 15.5 Å². The summed E-state index contributed by atoms with van der Waals surface area (Å²) in [7, 11) is -3.47. The first-order valence-corrected chi connectivity index (χ1v) is 5.94. The summed E-state index contributed by atoms with van der Waals surface area (Å²) in [6.45, 7) is 0. The van der Waals surface area contributed by atoms with Gasteiger partial charge < -0.3 is 0 Å². The van der Waals surface area contributed by atoms with Gasteiger partial charge in [-0.05, 0) is 12.1 Å². The molecule has 0 saturated carbocycles. The standard InChI is InChI=1S/C8H7ClN2O2S/c9-3-5-14(12,13)8-2-1-4-11-7(8)6-10/h1-2,4H,3,5H2. The first-order valence-electron chi connectivity index (χ1n) is 3.75. The Balaban J connectivity index is 3.27. The summed E-state index contributed by atoms with van der Waals surface area (Å²) in [5.41, 5.74) is -0.0855. The van der Waals surface area contributed by atoms with Crippen molar-refractivity contribution in [3.63, 3.8) is 0 Å². The van der Waals surface area contributed by atoms with E-state index in [-0.39, 0.29) is 22.2 Å². The van der Waals surface area contributed by atoms with Gasteiger partial charge in [0.25, 0.3) is 0 Å². The second-order valence-electron chi connectivity index (χ2n) is 2.47. The minimum atomic E-state index is -3.47. The molecule has 0 N–H and O–H groups in total. The lowest BCUT2D eigenvalue weighted by Gasteiger charge is -2.02. The monoisotopic (exact) mass is 230 g/mol. The van der Waals surface area contributed by atoms with Crippen LogP contribution >= 0.6 is 11.6 Å². The molecule has 1 aromatic rings. The zero-order valence-corrected chi connectivity index (χ0v) is 8.72. The number of pyridine rings is 1. The Morgan fingerprint density at radius 1 is 1.57 bits per heavy atom. The highest BCUT2D eigenvalue weighted by Crippen LogP contribution is 2.13. The molecule has 1 aromatic heterocycles. The van der Waals surface area contributed by atoms with E-state index in [1.165, 1.54) is 18.3 Å². The zero-order valence-electron chi connectivity index (χ0n) is 7.14. The average molecular weight is 231 g/mol. The number of aromatic nitrogens is 1. The molecule has 0 aliphatic heterocycles. The molecule has 0 saturated heterocycles. The van der Waals surface area contributed by atoms with Crippen molar-refractivity contribution >= 4 is 21.4 Å². The maximum absolute atomic E-state index is 11.5. The van der Waals surface area contributed by atoms with Crippen LogP contribution in [-0.2, 0) is 9.84 Å². The van der Waals surface area contributed by atoms with Crippen molar-refractivity contribution in [3.8, 4) is 6.07 Å². The molecule has 6 heteroatoms. The van der Waals surface area contributed by atoms with Crippen molar-refractivity contribution in [2.45, 2.75) is 4.90 Å². The van der Waals surface area contributed by atoms with Crippen LogP contribution in [0.2, 0.25) is 0 Å². The number of sulfone groups is 1. The Morgan fingerprint density at radius 2 is 2.29 bits per heavy atom. The Labute approximate surface area is 87.1 Å². The Kier molecular flexibility index (Phi) is 3.44. The van der Waals surface area contributed by atoms with E-state index in [0.717, 1.165) is 0 Å². The second-order valence-corrected chi connectivity index (χ2v) is 4.93. The number of alkyl halides is 1. The molecule has 0 aliphatic rings. The summed E-state index contributed by atoms with van der Waals surface area (Å²) < 4.78 is 23.1. The highest BCUT2D eigenvalue weighted by molar-refractivity contribution is 7.91. The number of hydrogen-bond donors (Lipinski definition) is 0. The van der Waals surface area contributed by atoms with E-state index >= 15 is 0 Å². The molecular formula is C8H7ClN2O2S. The number of nitrogens with zero attached hydrogens (tertiary/aromatic N) is 2. The molecule has 0 fully saturated rings. The minimum absolute atomic E-state index is 0.00208. The topological polar surface area (TPSA) is 70.8 Å². The smallest absolute Gasteiger partial charge is 0.182 e. The lowest BCUT2D eigenvalue weighted by molar-refractivity contribution is 0.596. The third-order valence-electron chi connectivity index (χ3n) is 1.56. The van der Waals surface area contributed by atoms with E-state index < -0.39 is 9.84 Å². The molecule has 4 nitrogen and oxygen atoms in total. The van der Waals surface area contributed by atoms with E-state index in [9.17, 15) is 8.42 Å². The average Bonchev–Trinajstić information content (AvgIpc) is 2.18. The Bertz CT molecular complexity index is 464. The van der Waals surface area contributed by atoms with Crippen molar-refractivity contribution in [2.75, 3.05) is 11.6 Å². The lowest BCUT2D eigenvalue weighted by atomic mass is 10.4. The largest absolute Gasteiger partial charge is 0.244 e. The van der Waals surface area contributed by atoms with Crippen LogP contribution in [0.4, 0.5) is 0 Å². The molecule has 0 aromatic carbocycles. The van der Waals surface area contributed by atoms with Gasteiger partial charge >= 0.3 is 0 Å². The summed E-state index contributed by atoms with van der Waals surface area (Å²) in [6, 6.07) is 4.56. The van der Waals surface area contributed by atoms with Crippen molar-refractivity contribution in [1.82, 2.24) is 4.98 Å². The third kappa shape index (κ3) is 2.22. The van der Waals surface area contributed by atoms with Gasteiger partial charge in [0.2, 0.25) is 0 Å². The fraction of sp³-hybridized carbons (Fsp3) is 0.250. The van der Waals surface area contributed by atoms with Gasteiger partial charge in [0.1, 0.15) is 11.0 Å². The zero-order chi connectivity index (χ0) is 10.6.